The number of halogens is 1. The van der Waals surface area contributed by atoms with Crippen molar-refractivity contribution in [3.63, 3.8) is 0 Å². The SMILES string of the molecule is CS(=O)(=O)N1CCN(c2ccc(Cl)cc2C#N)CC1. The maximum Gasteiger partial charge on any atom is 0.211 e. The number of piperazine rings is 1. The van der Waals surface area contributed by atoms with Gasteiger partial charge in [0.25, 0.3) is 0 Å². The number of hydrogen-bond donors (Lipinski definition) is 0. The lowest BCUT2D eigenvalue weighted by atomic mass is 10.1. The van der Waals surface area contributed by atoms with Crippen LogP contribution in [-0.2, 0) is 10.0 Å². The molecule has 1 aliphatic heterocycles. The van der Waals surface area contributed by atoms with Gasteiger partial charge in [-0.05, 0) is 18.2 Å². The molecule has 1 heterocycles. The second-order valence-corrected chi connectivity index (χ2v) is 6.84. The highest BCUT2D eigenvalue weighted by Gasteiger charge is 2.24. The van der Waals surface area contributed by atoms with Crippen molar-refractivity contribution in [1.29, 1.82) is 5.26 Å². The molecule has 0 N–H and O–H groups in total. The van der Waals surface area contributed by atoms with Gasteiger partial charge in [0.15, 0.2) is 0 Å². The summed E-state index contributed by atoms with van der Waals surface area (Å²) in [5.41, 5.74) is 1.32. The number of sulfonamides is 1. The van der Waals surface area contributed by atoms with Crippen molar-refractivity contribution in [2.24, 2.45) is 0 Å². The van der Waals surface area contributed by atoms with Crippen LogP contribution in [0.25, 0.3) is 0 Å². The molecule has 0 radical (unpaired) electrons. The number of anilines is 1. The molecule has 1 aromatic carbocycles. The van der Waals surface area contributed by atoms with Crippen LogP contribution >= 0.6 is 11.6 Å². The minimum atomic E-state index is -3.13. The Hall–Kier alpha value is -1.29. The van der Waals surface area contributed by atoms with Crippen molar-refractivity contribution in [3.8, 4) is 6.07 Å². The number of rotatable bonds is 2. The summed E-state index contributed by atoms with van der Waals surface area (Å²) < 4.78 is 24.3. The highest BCUT2D eigenvalue weighted by molar-refractivity contribution is 7.88. The van der Waals surface area contributed by atoms with Gasteiger partial charge < -0.3 is 4.90 Å². The largest absolute Gasteiger partial charge is 0.368 e. The third-order valence-electron chi connectivity index (χ3n) is 3.13. The van der Waals surface area contributed by atoms with Gasteiger partial charge in [-0.2, -0.15) is 9.57 Å². The Labute approximate surface area is 118 Å². The summed E-state index contributed by atoms with van der Waals surface area (Å²) in [6.45, 7) is 2.02. The molecule has 5 nitrogen and oxygen atoms in total. The first-order valence-corrected chi connectivity index (χ1v) is 8.04. The molecular weight excluding hydrogens is 286 g/mol. The summed E-state index contributed by atoms with van der Waals surface area (Å²) in [4.78, 5) is 2.01. The van der Waals surface area contributed by atoms with Crippen molar-refractivity contribution in [2.45, 2.75) is 0 Å². The summed E-state index contributed by atoms with van der Waals surface area (Å²) in [5.74, 6) is 0. The average Bonchev–Trinajstić information content (AvgIpc) is 2.37. The topological polar surface area (TPSA) is 64.4 Å². The Morgan fingerprint density at radius 3 is 2.42 bits per heavy atom. The summed E-state index contributed by atoms with van der Waals surface area (Å²) in [5, 5.41) is 9.64. The van der Waals surface area contributed by atoms with E-state index in [9.17, 15) is 8.42 Å². The van der Waals surface area contributed by atoms with Crippen LogP contribution in [0, 0.1) is 11.3 Å². The van der Waals surface area contributed by atoms with Crippen LogP contribution in [0.4, 0.5) is 5.69 Å². The summed E-state index contributed by atoms with van der Waals surface area (Å²) in [6.07, 6.45) is 1.21. The Morgan fingerprint density at radius 2 is 1.89 bits per heavy atom. The van der Waals surface area contributed by atoms with Gasteiger partial charge in [-0.3, -0.25) is 0 Å². The van der Waals surface area contributed by atoms with Crippen LogP contribution in [0.2, 0.25) is 5.02 Å². The van der Waals surface area contributed by atoms with E-state index in [2.05, 4.69) is 6.07 Å². The number of nitrogens with zero attached hydrogens (tertiary/aromatic N) is 3. The fourth-order valence-electron chi connectivity index (χ4n) is 2.13. The normalized spacial score (nSPS) is 17.2. The van der Waals surface area contributed by atoms with Crippen LogP contribution in [0.1, 0.15) is 5.56 Å². The zero-order valence-electron chi connectivity index (χ0n) is 10.5. The molecule has 2 rings (SSSR count). The van der Waals surface area contributed by atoms with Crippen molar-refractivity contribution >= 4 is 27.3 Å². The fourth-order valence-corrected chi connectivity index (χ4v) is 3.13. The van der Waals surface area contributed by atoms with Gasteiger partial charge in [-0.25, -0.2) is 8.42 Å². The smallest absolute Gasteiger partial charge is 0.211 e. The van der Waals surface area contributed by atoms with Crippen LogP contribution in [0.15, 0.2) is 18.2 Å². The molecule has 0 spiro atoms. The molecule has 0 aromatic heterocycles. The van der Waals surface area contributed by atoms with Crippen molar-refractivity contribution in [3.05, 3.63) is 28.8 Å². The van der Waals surface area contributed by atoms with E-state index in [0.717, 1.165) is 5.69 Å². The fraction of sp³-hybridized carbons (Fsp3) is 0.417. The standard InChI is InChI=1S/C12H14ClN3O2S/c1-19(17,18)16-6-4-15(5-7-16)12-3-2-11(13)8-10(12)9-14/h2-3,8H,4-7H2,1H3. The lowest BCUT2D eigenvalue weighted by molar-refractivity contribution is 0.388. The number of benzene rings is 1. The maximum absolute atomic E-state index is 11.4. The lowest BCUT2D eigenvalue weighted by Crippen LogP contribution is -2.48. The lowest BCUT2D eigenvalue weighted by Gasteiger charge is -2.35. The van der Waals surface area contributed by atoms with E-state index in [0.29, 0.717) is 36.8 Å². The monoisotopic (exact) mass is 299 g/mol. The van der Waals surface area contributed by atoms with E-state index >= 15 is 0 Å². The summed E-state index contributed by atoms with van der Waals surface area (Å²) in [7, 11) is -3.13. The third-order valence-corrected chi connectivity index (χ3v) is 4.67. The molecule has 1 saturated heterocycles. The number of hydrogen-bond acceptors (Lipinski definition) is 4. The molecule has 0 amide bonds. The van der Waals surface area contributed by atoms with Crippen LogP contribution < -0.4 is 4.90 Å². The summed E-state index contributed by atoms with van der Waals surface area (Å²) >= 11 is 5.86. The molecule has 1 aromatic rings. The zero-order chi connectivity index (χ0) is 14.0. The Morgan fingerprint density at radius 1 is 1.26 bits per heavy atom. The highest BCUT2D eigenvalue weighted by Crippen LogP contribution is 2.25. The second kappa shape index (κ2) is 5.37. The molecule has 19 heavy (non-hydrogen) atoms. The van der Waals surface area contributed by atoms with Gasteiger partial charge in [0.1, 0.15) is 6.07 Å². The molecule has 1 fully saturated rings. The van der Waals surface area contributed by atoms with E-state index in [1.54, 1.807) is 18.2 Å². The molecule has 0 unspecified atom stereocenters. The molecule has 0 aliphatic carbocycles. The Balaban J connectivity index is 2.17. The van der Waals surface area contributed by atoms with Gasteiger partial charge in [0, 0.05) is 31.2 Å². The maximum atomic E-state index is 11.4. The van der Waals surface area contributed by atoms with Gasteiger partial charge in [-0.1, -0.05) is 11.6 Å². The molecule has 0 atom stereocenters. The van der Waals surface area contributed by atoms with E-state index in [1.165, 1.54) is 10.6 Å². The summed E-state index contributed by atoms with van der Waals surface area (Å²) in [6, 6.07) is 7.28. The molecule has 102 valence electrons. The van der Waals surface area contributed by atoms with E-state index < -0.39 is 10.0 Å². The predicted molar refractivity (Wildman–Crippen MR) is 74.8 cm³/mol. The van der Waals surface area contributed by atoms with Gasteiger partial charge in [0.2, 0.25) is 10.0 Å². The Kier molecular flexibility index (Phi) is 3.99. The van der Waals surface area contributed by atoms with Crippen molar-refractivity contribution in [2.75, 3.05) is 37.3 Å². The molecule has 0 bridgehead atoms. The molecular formula is C12H14ClN3O2S. The Bertz CT molecular complexity index is 616. The van der Waals surface area contributed by atoms with Crippen LogP contribution in [-0.4, -0.2) is 45.2 Å². The first-order chi connectivity index (χ1) is 8.91. The minimum absolute atomic E-state index is 0.437. The van der Waals surface area contributed by atoms with Crippen molar-refractivity contribution < 1.29 is 8.42 Å². The van der Waals surface area contributed by atoms with E-state index in [1.807, 2.05) is 4.90 Å². The quantitative estimate of drug-likeness (QED) is 0.825. The average molecular weight is 300 g/mol. The minimum Gasteiger partial charge on any atom is -0.368 e. The van der Waals surface area contributed by atoms with Gasteiger partial charge >= 0.3 is 0 Å². The van der Waals surface area contributed by atoms with Crippen molar-refractivity contribution in [1.82, 2.24) is 4.31 Å². The molecule has 0 saturated carbocycles. The predicted octanol–water partition coefficient (Wildman–Crippen LogP) is 1.29. The second-order valence-electron chi connectivity index (χ2n) is 4.42. The van der Waals surface area contributed by atoms with Gasteiger partial charge in [-0.15, -0.1) is 0 Å². The molecule has 7 heteroatoms. The number of nitriles is 1. The van der Waals surface area contributed by atoms with E-state index in [4.69, 9.17) is 16.9 Å². The third kappa shape index (κ3) is 3.18. The highest BCUT2D eigenvalue weighted by atomic mass is 35.5. The zero-order valence-corrected chi connectivity index (χ0v) is 12.1. The first kappa shape index (κ1) is 14.1. The van der Waals surface area contributed by atoms with Crippen LogP contribution in [0.5, 0.6) is 0 Å². The van der Waals surface area contributed by atoms with E-state index in [-0.39, 0.29) is 0 Å². The van der Waals surface area contributed by atoms with Crippen LogP contribution in [0.3, 0.4) is 0 Å². The first-order valence-electron chi connectivity index (χ1n) is 5.81. The molecule has 1 aliphatic rings. The van der Waals surface area contributed by atoms with Gasteiger partial charge in [0.05, 0.1) is 17.5 Å².